The lowest BCUT2D eigenvalue weighted by molar-refractivity contribution is -0.121. The van der Waals surface area contributed by atoms with Gasteiger partial charge in [-0.2, -0.15) is 0 Å². The van der Waals surface area contributed by atoms with Gasteiger partial charge in [-0.3, -0.25) is 4.90 Å². The second kappa shape index (κ2) is 6.26. The SMILES string of the molecule is CCOC(=O)N1CC2(CC(N3CCC4(CC3)OC(=O)N(CC)C4(C)C)C2)C1. The lowest BCUT2D eigenvalue weighted by atomic mass is 9.60. The zero-order valence-corrected chi connectivity index (χ0v) is 17.1. The molecule has 0 aromatic carbocycles. The number of carbonyl (C=O) groups excluding carboxylic acids is 2. The normalized spacial score (nSPS) is 28.8. The number of likely N-dealkylation sites (N-methyl/N-ethyl adjacent to an activating group) is 1. The Kier molecular flexibility index (Phi) is 4.37. The van der Waals surface area contributed by atoms with Gasteiger partial charge in [-0.1, -0.05) is 0 Å². The molecule has 4 fully saturated rings. The van der Waals surface area contributed by atoms with Gasteiger partial charge in [0, 0.05) is 57.0 Å². The number of amides is 2. The lowest BCUT2D eigenvalue weighted by Crippen LogP contribution is -2.69. The Morgan fingerprint density at radius 3 is 2.33 bits per heavy atom. The van der Waals surface area contributed by atoms with Crippen LogP contribution in [0.3, 0.4) is 0 Å². The van der Waals surface area contributed by atoms with Crippen LogP contribution in [-0.2, 0) is 9.47 Å². The van der Waals surface area contributed by atoms with E-state index in [2.05, 4.69) is 18.7 Å². The highest BCUT2D eigenvalue weighted by Gasteiger charge is 2.61. The number of piperidine rings is 1. The fourth-order valence-electron chi connectivity index (χ4n) is 5.87. The number of rotatable bonds is 3. The third-order valence-electron chi connectivity index (χ3n) is 7.65. The number of nitrogens with zero attached hydrogens (tertiary/aromatic N) is 3. The molecule has 7 nitrogen and oxygen atoms in total. The summed E-state index contributed by atoms with van der Waals surface area (Å²) in [4.78, 5) is 30.3. The molecule has 0 radical (unpaired) electrons. The van der Waals surface area contributed by atoms with E-state index >= 15 is 0 Å². The van der Waals surface area contributed by atoms with Crippen LogP contribution in [0.4, 0.5) is 9.59 Å². The third kappa shape index (κ3) is 2.72. The van der Waals surface area contributed by atoms with Crippen LogP contribution < -0.4 is 0 Å². The van der Waals surface area contributed by atoms with Gasteiger partial charge < -0.3 is 19.3 Å². The second-order valence-electron chi connectivity index (χ2n) is 9.32. The van der Waals surface area contributed by atoms with Gasteiger partial charge in [0.15, 0.2) is 0 Å². The molecular weight excluding hydrogens is 346 g/mol. The fraction of sp³-hybridized carbons (Fsp3) is 0.900. The zero-order valence-electron chi connectivity index (χ0n) is 17.1. The predicted molar refractivity (Wildman–Crippen MR) is 101 cm³/mol. The molecule has 3 heterocycles. The Morgan fingerprint density at radius 1 is 1.19 bits per heavy atom. The van der Waals surface area contributed by atoms with Crippen molar-refractivity contribution in [3.63, 3.8) is 0 Å². The van der Waals surface area contributed by atoms with Gasteiger partial charge in [0.2, 0.25) is 0 Å². The molecule has 0 N–H and O–H groups in total. The highest BCUT2D eigenvalue weighted by Crippen LogP contribution is 2.52. The quantitative estimate of drug-likeness (QED) is 0.754. The van der Waals surface area contributed by atoms with Crippen molar-refractivity contribution in [2.75, 3.05) is 39.3 Å². The van der Waals surface area contributed by atoms with Crippen LogP contribution in [0.1, 0.15) is 53.4 Å². The lowest BCUT2D eigenvalue weighted by Gasteiger charge is -2.61. The molecule has 4 aliphatic rings. The molecule has 7 heteroatoms. The van der Waals surface area contributed by atoms with Crippen molar-refractivity contribution in [3.05, 3.63) is 0 Å². The molecule has 2 spiro atoms. The molecule has 2 amide bonds. The summed E-state index contributed by atoms with van der Waals surface area (Å²) in [6, 6.07) is 0.606. The maximum Gasteiger partial charge on any atom is 0.410 e. The smallest absolute Gasteiger partial charge is 0.410 e. The van der Waals surface area contributed by atoms with Crippen LogP contribution in [-0.4, -0.2) is 83.4 Å². The summed E-state index contributed by atoms with van der Waals surface area (Å²) in [5.41, 5.74) is -0.278. The van der Waals surface area contributed by atoms with E-state index in [1.807, 2.05) is 23.6 Å². The van der Waals surface area contributed by atoms with Gasteiger partial charge in [-0.15, -0.1) is 0 Å². The fourth-order valence-corrected chi connectivity index (χ4v) is 5.87. The van der Waals surface area contributed by atoms with Gasteiger partial charge >= 0.3 is 12.2 Å². The van der Waals surface area contributed by atoms with Crippen LogP contribution in [0.25, 0.3) is 0 Å². The second-order valence-corrected chi connectivity index (χ2v) is 9.32. The molecular formula is C20H33N3O4. The van der Waals surface area contributed by atoms with E-state index in [9.17, 15) is 9.59 Å². The minimum absolute atomic E-state index is 0.160. The van der Waals surface area contributed by atoms with E-state index in [1.165, 1.54) is 12.8 Å². The van der Waals surface area contributed by atoms with E-state index in [0.717, 1.165) is 39.0 Å². The number of hydrogen-bond donors (Lipinski definition) is 0. The van der Waals surface area contributed by atoms with Gasteiger partial charge in [-0.05, 0) is 40.5 Å². The highest BCUT2D eigenvalue weighted by atomic mass is 16.6. The van der Waals surface area contributed by atoms with Crippen molar-refractivity contribution in [1.82, 2.24) is 14.7 Å². The number of hydrogen-bond acceptors (Lipinski definition) is 5. The van der Waals surface area contributed by atoms with Gasteiger partial charge in [0.25, 0.3) is 0 Å². The molecule has 0 aromatic rings. The average molecular weight is 380 g/mol. The van der Waals surface area contributed by atoms with Crippen LogP contribution in [0.5, 0.6) is 0 Å². The number of likely N-dealkylation sites (tertiary alicyclic amines) is 2. The summed E-state index contributed by atoms with van der Waals surface area (Å²) in [6.45, 7) is 12.9. The Hall–Kier alpha value is -1.50. The first-order valence-electron chi connectivity index (χ1n) is 10.4. The van der Waals surface area contributed by atoms with Gasteiger partial charge in [-0.25, -0.2) is 9.59 Å². The summed E-state index contributed by atoms with van der Waals surface area (Å²) in [7, 11) is 0. The third-order valence-corrected chi connectivity index (χ3v) is 7.65. The van der Waals surface area contributed by atoms with E-state index in [1.54, 1.807) is 0 Å². The molecule has 0 unspecified atom stereocenters. The molecule has 3 saturated heterocycles. The molecule has 0 bridgehead atoms. The molecule has 27 heavy (non-hydrogen) atoms. The maximum absolute atomic E-state index is 12.3. The molecule has 0 atom stereocenters. The molecule has 0 aromatic heterocycles. The molecule has 1 aliphatic carbocycles. The van der Waals surface area contributed by atoms with Crippen molar-refractivity contribution in [1.29, 1.82) is 0 Å². The van der Waals surface area contributed by atoms with E-state index in [-0.39, 0.29) is 23.3 Å². The molecule has 4 rings (SSSR count). The largest absolute Gasteiger partial charge is 0.450 e. The van der Waals surface area contributed by atoms with Crippen LogP contribution in [0.15, 0.2) is 0 Å². The highest BCUT2D eigenvalue weighted by molar-refractivity contribution is 5.72. The van der Waals surface area contributed by atoms with E-state index in [4.69, 9.17) is 9.47 Å². The average Bonchev–Trinajstić information content (AvgIpc) is 2.72. The summed E-state index contributed by atoms with van der Waals surface area (Å²) in [5, 5.41) is 0. The van der Waals surface area contributed by atoms with Crippen molar-refractivity contribution in [2.24, 2.45) is 5.41 Å². The van der Waals surface area contributed by atoms with Crippen LogP contribution >= 0.6 is 0 Å². The minimum Gasteiger partial charge on any atom is -0.450 e. The summed E-state index contributed by atoms with van der Waals surface area (Å²) >= 11 is 0. The first kappa shape index (κ1) is 18.8. The van der Waals surface area contributed by atoms with Crippen molar-refractivity contribution in [2.45, 2.75) is 70.6 Å². The summed E-state index contributed by atoms with van der Waals surface area (Å²) in [6.07, 6.45) is 3.81. The molecule has 152 valence electrons. The number of carbonyl (C=O) groups is 2. The minimum atomic E-state index is -0.352. The molecule has 3 aliphatic heterocycles. The van der Waals surface area contributed by atoms with Crippen molar-refractivity contribution >= 4 is 12.2 Å². The topological polar surface area (TPSA) is 62.3 Å². The van der Waals surface area contributed by atoms with Crippen molar-refractivity contribution in [3.8, 4) is 0 Å². The van der Waals surface area contributed by atoms with Crippen LogP contribution in [0.2, 0.25) is 0 Å². The first-order chi connectivity index (χ1) is 12.8. The first-order valence-corrected chi connectivity index (χ1v) is 10.4. The zero-order chi connectivity index (χ0) is 19.4. The summed E-state index contributed by atoms with van der Waals surface area (Å²) < 4.78 is 11.0. The van der Waals surface area contributed by atoms with Gasteiger partial charge in [0.1, 0.15) is 5.60 Å². The van der Waals surface area contributed by atoms with E-state index in [0.29, 0.717) is 24.6 Å². The Labute approximate surface area is 161 Å². The number of ether oxygens (including phenoxy) is 2. The summed E-state index contributed by atoms with van der Waals surface area (Å²) in [5.74, 6) is 0. The molecule has 1 saturated carbocycles. The van der Waals surface area contributed by atoms with E-state index < -0.39 is 0 Å². The monoisotopic (exact) mass is 379 g/mol. The Balaban J connectivity index is 1.28. The standard InChI is InChI=1S/C20H33N3O4/c1-5-23-17(25)27-20(18(23,3)4)7-9-21(10-8-20)15-11-19(12-15)13-22(14-19)16(24)26-6-2/h15H,5-14H2,1-4H3. The predicted octanol–water partition coefficient (Wildman–Crippen LogP) is 2.69. The Bertz CT molecular complexity index is 613. The van der Waals surface area contributed by atoms with Crippen molar-refractivity contribution < 1.29 is 19.1 Å². The maximum atomic E-state index is 12.3. The van der Waals surface area contributed by atoms with Crippen LogP contribution in [0, 0.1) is 5.41 Å². The van der Waals surface area contributed by atoms with Gasteiger partial charge in [0.05, 0.1) is 12.1 Å². The Morgan fingerprint density at radius 2 is 1.81 bits per heavy atom.